The van der Waals surface area contributed by atoms with Crippen LogP contribution in [0.15, 0.2) is 12.1 Å². The summed E-state index contributed by atoms with van der Waals surface area (Å²) < 4.78 is 25.7. The maximum absolute atomic E-state index is 14.7. The zero-order valence-electron chi connectivity index (χ0n) is 13.8. The van der Waals surface area contributed by atoms with E-state index in [-0.39, 0.29) is 13.2 Å². The zero-order chi connectivity index (χ0) is 18.3. The quantitative estimate of drug-likeness (QED) is 0.821. The number of thioether (sulfide) groups is 1. The van der Waals surface area contributed by atoms with Crippen LogP contribution in [0.4, 0.5) is 25.4 Å². The molecule has 10 heteroatoms. The molecular formula is C16H18FN3O5S. The normalized spacial score (nSPS) is 24.4. The molecule has 2 fully saturated rings. The number of cyclic esters (lactones) is 1. The Bertz CT molecular complexity index is 743. The fourth-order valence-corrected chi connectivity index (χ4v) is 4.35. The van der Waals surface area contributed by atoms with Crippen LogP contribution >= 0.6 is 11.8 Å². The van der Waals surface area contributed by atoms with Crippen LogP contribution in [0.5, 0.6) is 5.75 Å². The summed E-state index contributed by atoms with van der Waals surface area (Å²) in [6.45, 7) is 1.63. The van der Waals surface area contributed by atoms with Crippen LogP contribution < -0.4 is 19.9 Å². The SMILES string of the molecule is O=C(O)NC[C@@H]1OC(=O)N2c3cc(F)c(N4CCSCC4)cc3OC[C@@H]12. The third-order valence-corrected chi connectivity index (χ3v) is 5.66. The van der Waals surface area contributed by atoms with Gasteiger partial charge in [-0.3, -0.25) is 4.90 Å². The molecule has 1 aromatic carbocycles. The Morgan fingerprint density at radius 3 is 2.85 bits per heavy atom. The first-order valence-corrected chi connectivity index (χ1v) is 9.46. The lowest BCUT2D eigenvalue weighted by Crippen LogP contribution is -2.47. The number of carbonyl (C=O) groups excluding carboxylic acids is 1. The Hall–Kier alpha value is -2.36. The van der Waals surface area contributed by atoms with Crippen LogP contribution in [0, 0.1) is 5.82 Å². The summed E-state index contributed by atoms with van der Waals surface area (Å²) in [6, 6.07) is 2.43. The predicted molar refractivity (Wildman–Crippen MR) is 94.0 cm³/mol. The minimum absolute atomic E-state index is 0.0487. The smallest absolute Gasteiger partial charge is 0.415 e. The molecule has 2 saturated heterocycles. The Labute approximate surface area is 153 Å². The minimum Gasteiger partial charge on any atom is -0.489 e. The van der Waals surface area contributed by atoms with E-state index in [1.165, 1.54) is 11.0 Å². The number of nitrogens with zero attached hydrogens (tertiary/aromatic N) is 2. The monoisotopic (exact) mass is 383 g/mol. The first kappa shape index (κ1) is 17.1. The first-order chi connectivity index (χ1) is 12.5. The van der Waals surface area contributed by atoms with E-state index < -0.39 is 30.1 Å². The van der Waals surface area contributed by atoms with Gasteiger partial charge in [0.1, 0.15) is 30.3 Å². The number of ether oxygens (including phenoxy) is 2. The van der Waals surface area contributed by atoms with Crippen molar-refractivity contribution in [2.45, 2.75) is 12.1 Å². The largest absolute Gasteiger partial charge is 0.489 e. The number of hydrogen-bond donors (Lipinski definition) is 2. The van der Waals surface area contributed by atoms with Crippen molar-refractivity contribution in [2.75, 3.05) is 47.5 Å². The van der Waals surface area contributed by atoms with Gasteiger partial charge >= 0.3 is 12.2 Å². The molecule has 2 N–H and O–H groups in total. The Morgan fingerprint density at radius 2 is 2.12 bits per heavy atom. The van der Waals surface area contributed by atoms with Gasteiger partial charge in [-0.15, -0.1) is 0 Å². The molecule has 26 heavy (non-hydrogen) atoms. The second-order valence-electron chi connectivity index (χ2n) is 6.23. The van der Waals surface area contributed by atoms with E-state index in [0.29, 0.717) is 17.1 Å². The molecule has 3 aliphatic heterocycles. The highest BCUT2D eigenvalue weighted by molar-refractivity contribution is 7.99. The van der Waals surface area contributed by atoms with Crippen molar-refractivity contribution >= 4 is 35.3 Å². The highest BCUT2D eigenvalue weighted by Gasteiger charge is 2.47. The topological polar surface area (TPSA) is 91.3 Å². The Balaban J connectivity index is 1.60. The summed E-state index contributed by atoms with van der Waals surface area (Å²) in [5, 5.41) is 10.9. The molecule has 0 saturated carbocycles. The summed E-state index contributed by atoms with van der Waals surface area (Å²) in [7, 11) is 0. The van der Waals surface area contributed by atoms with Crippen molar-refractivity contribution in [3.05, 3.63) is 17.9 Å². The molecule has 2 amide bonds. The summed E-state index contributed by atoms with van der Waals surface area (Å²) in [6.07, 6.45) is -2.51. The molecule has 0 unspecified atom stereocenters. The van der Waals surface area contributed by atoms with Gasteiger partial charge in [0.05, 0.1) is 17.9 Å². The number of halogens is 1. The molecule has 3 heterocycles. The number of anilines is 2. The van der Waals surface area contributed by atoms with Crippen LogP contribution in [0.1, 0.15) is 0 Å². The summed E-state index contributed by atoms with van der Waals surface area (Å²) in [5.74, 6) is 1.89. The van der Waals surface area contributed by atoms with Crippen molar-refractivity contribution < 1.29 is 28.6 Å². The van der Waals surface area contributed by atoms with E-state index >= 15 is 0 Å². The van der Waals surface area contributed by atoms with Gasteiger partial charge in [0.15, 0.2) is 0 Å². The van der Waals surface area contributed by atoms with Gasteiger partial charge in [0.25, 0.3) is 0 Å². The van der Waals surface area contributed by atoms with E-state index in [2.05, 4.69) is 5.32 Å². The maximum atomic E-state index is 14.7. The number of carbonyl (C=O) groups is 2. The molecule has 0 bridgehead atoms. The summed E-state index contributed by atoms with van der Waals surface area (Å²) in [4.78, 5) is 26.3. The van der Waals surface area contributed by atoms with Crippen LogP contribution in [-0.2, 0) is 4.74 Å². The number of hydrogen-bond acceptors (Lipinski definition) is 6. The van der Waals surface area contributed by atoms with E-state index in [1.807, 2.05) is 16.7 Å². The van der Waals surface area contributed by atoms with Crippen molar-refractivity contribution in [3.63, 3.8) is 0 Å². The minimum atomic E-state index is -1.20. The summed E-state index contributed by atoms with van der Waals surface area (Å²) in [5.41, 5.74) is 0.788. The molecule has 0 spiro atoms. The van der Waals surface area contributed by atoms with Crippen LogP contribution in [0.3, 0.4) is 0 Å². The number of nitrogens with one attached hydrogen (secondary N) is 1. The summed E-state index contributed by atoms with van der Waals surface area (Å²) >= 11 is 1.84. The Morgan fingerprint density at radius 1 is 1.35 bits per heavy atom. The lowest BCUT2D eigenvalue weighted by atomic mass is 10.1. The van der Waals surface area contributed by atoms with Crippen molar-refractivity contribution in [3.8, 4) is 5.75 Å². The van der Waals surface area contributed by atoms with Gasteiger partial charge in [0, 0.05) is 36.7 Å². The van der Waals surface area contributed by atoms with Gasteiger partial charge < -0.3 is 24.8 Å². The highest BCUT2D eigenvalue weighted by Crippen LogP contribution is 2.42. The van der Waals surface area contributed by atoms with Crippen molar-refractivity contribution in [1.82, 2.24) is 5.32 Å². The van der Waals surface area contributed by atoms with Gasteiger partial charge in [0.2, 0.25) is 0 Å². The van der Waals surface area contributed by atoms with Gasteiger partial charge in [-0.2, -0.15) is 11.8 Å². The molecule has 4 rings (SSSR count). The van der Waals surface area contributed by atoms with Gasteiger partial charge in [-0.25, -0.2) is 14.0 Å². The average molecular weight is 383 g/mol. The molecule has 8 nitrogen and oxygen atoms in total. The first-order valence-electron chi connectivity index (χ1n) is 8.30. The fraction of sp³-hybridized carbons (Fsp3) is 0.500. The molecule has 140 valence electrons. The lowest BCUT2D eigenvalue weighted by Gasteiger charge is -2.34. The Kier molecular flexibility index (Phi) is 4.43. The van der Waals surface area contributed by atoms with E-state index in [0.717, 1.165) is 24.6 Å². The van der Waals surface area contributed by atoms with Crippen molar-refractivity contribution in [1.29, 1.82) is 0 Å². The standard InChI is InChI=1S/C16H18FN3O5S/c17-9-5-11-13(6-10(9)19-1-3-26-4-2-19)24-8-12-14(7-18-15(21)22)25-16(23)20(11)12/h5-6,12,14,18H,1-4,7-8H2,(H,21,22)/t12-,14-/m0/s1. The molecule has 1 aromatic rings. The molecular weight excluding hydrogens is 365 g/mol. The maximum Gasteiger partial charge on any atom is 0.415 e. The van der Waals surface area contributed by atoms with Crippen LogP contribution in [-0.4, -0.2) is 67.2 Å². The van der Waals surface area contributed by atoms with E-state index in [1.54, 1.807) is 6.07 Å². The molecule has 0 aliphatic carbocycles. The van der Waals surface area contributed by atoms with Gasteiger partial charge in [-0.05, 0) is 0 Å². The predicted octanol–water partition coefficient (Wildman–Crippen LogP) is 1.73. The third-order valence-electron chi connectivity index (χ3n) is 4.71. The average Bonchev–Trinajstić information content (AvgIpc) is 2.96. The lowest BCUT2D eigenvalue weighted by molar-refractivity contribution is 0.117. The fourth-order valence-electron chi connectivity index (χ4n) is 3.45. The molecule has 3 aliphatic rings. The number of amides is 2. The highest BCUT2D eigenvalue weighted by atomic mass is 32.2. The zero-order valence-corrected chi connectivity index (χ0v) is 14.6. The number of rotatable bonds is 3. The number of fused-ring (bicyclic) bond motifs is 3. The van der Waals surface area contributed by atoms with Crippen molar-refractivity contribution in [2.24, 2.45) is 0 Å². The van der Waals surface area contributed by atoms with E-state index in [9.17, 15) is 14.0 Å². The van der Waals surface area contributed by atoms with Crippen LogP contribution in [0.25, 0.3) is 0 Å². The molecule has 0 radical (unpaired) electrons. The second kappa shape index (κ2) is 6.75. The molecule has 2 atom stereocenters. The van der Waals surface area contributed by atoms with Gasteiger partial charge in [-0.1, -0.05) is 0 Å². The number of benzene rings is 1. The third kappa shape index (κ3) is 2.98. The van der Waals surface area contributed by atoms with Crippen LogP contribution in [0.2, 0.25) is 0 Å². The number of carboxylic acid groups (broad SMARTS) is 1. The molecule has 0 aromatic heterocycles. The van der Waals surface area contributed by atoms with E-state index in [4.69, 9.17) is 14.6 Å². The second-order valence-corrected chi connectivity index (χ2v) is 7.45.